The van der Waals surface area contributed by atoms with Gasteiger partial charge in [-0.1, -0.05) is 17.7 Å². The summed E-state index contributed by atoms with van der Waals surface area (Å²) in [4.78, 5) is 11.7. The molecule has 0 unspecified atom stereocenters. The van der Waals surface area contributed by atoms with Crippen LogP contribution in [-0.2, 0) is 4.74 Å². The molecule has 0 saturated heterocycles. The maximum absolute atomic E-state index is 11.7. The van der Waals surface area contributed by atoms with Crippen molar-refractivity contribution in [1.82, 2.24) is 15.4 Å². The van der Waals surface area contributed by atoms with Gasteiger partial charge in [-0.25, -0.2) is 4.79 Å². The number of hydrogen-bond acceptors (Lipinski definition) is 5. The summed E-state index contributed by atoms with van der Waals surface area (Å²) < 4.78 is 4.84. The fraction of sp³-hybridized carbons (Fsp3) is 0.182. The molecule has 6 nitrogen and oxygen atoms in total. The summed E-state index contributed by atoms with van der Waals surface area (Å²) >= 11 is 5.98. The highest BCUT2D eigenvalue weighted by atomic mass is 35.5. The lowest BCUT2D eigenvalue weighted by atomic mass is 10.1. The Hall–Kier alpha value is -2.08. The minimum atomic E-state index is -0.624. The number of esters is 1. The highest BCUT2D eigenvalue weighted by Gasteiger charge is 2.22. The molecule has 0 aliphatic carbocycles. The number of benzene rings is 1. The summed E-state index contributed by atoms with van der Waals surface area (Å²) in [6.07, 6.45) is 0. The van der Waals surface area contributed by atoms with Gasteiger partial charge in [-0.15, -0.1) is 5.10 Å². The van der Waals surface area contributed by atoms with E-state index in [9.17, 15) is 9.90 Å². The van der Waals surface area contributed by atoms with Crippen molar-refractivity contribution >= 4 is 17.6 Å². The molecule has 2 rings (SSSR count). The molecule has 0 bridgehead atoms. The standard InChI is InChI=1S/C11H10ClN3O3/c1-2-18-11(17)10-9(13-15-14-10)8-6(12)4-3-5-7(8)16/h3-5,16H,2H2,1H3,(H,13,14,15). The van der Waals surface area contributed by atoms with E-state index in [1.54, 1.807) is 19.1 Å². The first-order chi connectivity index (χ1) is 8.65. The van der Waals surface area contributed by atoms with Crippen LogP contribution in [0.1, 0.15) is 17.4 Å². The van der Waals surface area contributed by atoms with Crippen LogP contribution in [0.5, 0.6) is 5.75 Å². The monoisotopic (exact) mass is 267 g/mol. The summed E-state index contributed by atoms with van der Waals surface area (Å²) in [5, 5.41) is 19.9. The molecule has 0 radical (unpaired) electrons. The Bertz CT molecular complexity index is 562. The summed E-state index contributed by atoms with van der Waals surface area (Å²) in [5.41, 5.74) is 0.396. The third-order valence-corrected chi connectivity index (χ3v) is 2.56. The molecule has 0 fully saturated rings. The molecule has 94 valence electrons. The van der Waals surface area contributed by atoms with Crippen molar-refractivity contribution in [3.05, 3.63) is 28.9 Å². The highest BCUT2D eigenvalue weighted by molar-refractivity contribution is 6.33. The molecular weight excluding hydrogens is 258 g/mol. The first-order valence-electron chi connectivity index (χ1n) is 5.21. The maximum Gasteiger partial charge on any atom is 0.361 e. The van der Waals surface area contributed by atoms with Crippen LogP contribution in [0.2, 0.25) is 5.02 Å². The normalized spacial score (nSPS) is 10.3. The predicted octanol–water partition coefficient (Wildman–Crippen LogP) is 2.01. The Morgan fingerprint density at radius 3 is 2.94 bits per heavy atom. The van der Waals surface area contributed by atoms with Crippen LogP contribution in [0.4, 0.5) is 0 Å². The van der Waals surface area contributed by atoms with E-state index >= 15 is 0 Å². The van der Waals surface area contributed by atoms with E-state index in [1.807, 2.05) is 0 Å². The number of carbonyl (C=O) groups excluding carboxylic acids is 1. The number of aromatic hydroxyl groups is 1. The summed E-state index contributed by atoms with van der Waals surface area (Å²) in [5.74, 6) is -0.706. The van der Waals surface area contributed by atoms with Crippen LogP contribution in [0.3, 0.4) is 0 Å². The largest absolute Gasteiger partial charge is 0.507 e. The van der Waals surface area contributed by atoms with Gasteiger partial charge in [0.25, 0.3) is 0 Å². The Kier molecular flexibility index (Phi) is 3.47. The molecule has 0 saturated carbocycles. The number of H-pyrrole nitrogens is 1. The average molecular weight is 268 g/mol. The van der Waals surface area contributed by atoms with Crippen LogP contribution in [-0.4, -0.2) is 33.1 Å². The molecule has 1 aromatic heterocycles. The van der Waals surface area contributed by atoms with Gasteiger partial charge >= 0.3 is 5.97 Å². The zero-order valence-corrected chi connectivity index (χ0v) is 10.2. The number of nitrogens with zero attached hydrogens (tertiary/aromatic N) is 2. The van der Waals surface area contributed by atoms with Crippen LogP contribution >= 0.6 is 11.6 Å². The van der Waals surface area contributed by atoms with Crippen LogP contribution in [0, 0.1) is 0 Å². The van der Waals surface area contributed by atoms with Crippen LogP contribution in [0.15, 0.2) is 18.2 Å². The van der Waals surface area contributed by atoms with Gasteiger partial charge in [-0.2, -0.15) is 10.3 Å². The van der Waals surface area contributed by atoms with Gasteiger partial charge < -0.3 is 9.84 Å². The average Bonchev–Trinajstić information content (AvgIpc) is 2.78. The molecule has 1 heterocycles. The lowest BCUT2D eigenvalue weighted by molar-refractivity contribution is 0.0520. The minimum Gasteiger partial charge on any atom is -0.507 e. The fourth-order valence-electron chi connectivity index (χ4n) is 1.49. The fourth-order valence-corrected chi connectivity index (χ4v) is 1.75. The Balaban J connectivity index is 2.52. The third-order valence-electron chi connectivity index (χ3n) is 2.25. The van der Waals surface area contributed by atoms with Crippen molar-refractivity contribution in [3.63, 3.8) is 0 Å². The first kappa shape index (κ1) is 12.4. The highest BCUT2D eigenvalue weighted by Crippen LogP contribution is 2.35. The molecular formula is C11H10ClN3O3. The number of aromatic nitrogens is 3. The Labute approximate surface area is 108 Å². The topological polar surface area (TPSA) is 88.1 Å². The third kappa shape index (κ3) is 2.14. The quantitative estimate of drug-likeness (QED) is 0.831. The molecule has 2 N–H and O–H groups in total. The number of rotatable bonds is 3. The van der Waals surface area contributed by atoms with Gasteiger partial charge in [0.1, 0.15) is 11.4 Å². The minimum absolute atomic E-state index is 0.0137. The molecule has 0 aliphatic rings. The maximum atomic E-state index is 11.7. The lowest BCUT2D eigenvalue weighted by Crippen LogP contribution is -2.06. The Morgan fingerprint density at radius 1 is 1.50 bits per heavy atom. The van der Waals surface area contributed by atoms with E-state index < -0.39 is 5.97 Å². The molecule has 2 aromatic rings. The van der Waals surface area contributed by atoms with Crippen molar-refractivity contribution in [1.29, 1.82) is 0 Å². The van der Waals surface area contributed by atoms with Crippen LogP contribution < -0.4 is 0 Å². The SMILES string of the molecule is CCOC(=O)c1n[nH]nc1-c1c(O)cccc1Cl. The van der Waals surface area contributed by atoms with E-state index in [0.29, 0.717) is 0 Å². The second-order valence-electron chi connectivity index (χ2n) is 3.38. The number of hydrogen-bond donors (Lipinski definition) is 2. The summed E-state index contributed by atoms with van der Waals surface area (Å²) in [6.45, 7) is 1.91. The van der Waals surface area contributed by atoms with Gasteiger partial charge in [0.15, 0.2) is 5.69 Å². The molecule has 0 atom stereocenters. The molecule has 1 aromatic carbocycles. The Morgan fingerprint density at radius 2 is 2.28 bits per heavy atom. The number of phenols is 1. The van der Waals surface area contributed by atoms with Crippen molar-refractivity contribution in [2.75, 3.05) is 6.61 Å². The summed E-state index contributed by atoms with van der Waals surface area (Å²) in [7, 11) is 0. The van der Waals surface area contributed by atoms with Crippen molar-refractivity contribution in [3.8, 4) is 17.0 Å². The van der Waals surface area contributed by atoms with Gasteiger partial charge in [0.2, 0.25) is 0 Å². The van der Waals surface area contributed by atoms with E-state index in [4.69, 9.17) is 16.3 Å². The lowest BCUT2D eigenvalue weighted by Gasteiger charge is -2.05. The summed E-state index contributed by atoms with van der Waals surface area (Å²) in [6, 6.07) is 4.62. The van der Waals surface area contributed by atoms with Gasteiger partial charge in [-0.05, 0) is 19.1 Å². The number of aromatic amines is 1. The second kappa shape index (κ2) is 5.05. The van der Waals surface area contributed by atoms with E-state index in [-0.39, 0.29) is 34.3 Å². The number of halogens is 1. The van der Waals surface area contributed by atoms with Crippen molar-refractivity contribution in [2.45, 2.75) is 6.92 Å². The molecule has 0 aliphatic heterocycles. The van der Waals surface area contributed by atoms with Crippen LogP contribution in [0.25, 0.3) is 11.3 Å². The van der Waals surface area contributed by atoms with E-state index in [0.717, 1.165) is 0 Å². The number of ether oxygens (including phenoxy) is 1. The second-order valence-corrected chi connectivity index (χ2v) is 3.78. The molecule has 7 heteroatoms. The number of nitrogens with one attached hydrogen (secondary N) is 1. The smallest absolute Gasteiger partial charge is 0.361 e. The number of carbonyl (C=O) groups is 1. The molecule has 0 amide bonds. The van der Waals surface area contributed by atoms with Gasteiger partial charge in [-0.3, -0.25) is 0 Å². The number of phenolic OH excluding ortho intramolecular Hbond substituents is 1. The van der Waals surface area contributed by atoms with Crippen molar-refractivity contribution in [2.24, 2.45) is 0 Å². The molecule has 18 heavy (non-hydrogen) atoms. The van der Waals surface area contributed by atoms with Gasteiger partial charge in [0.05, 0.1) is 17.2 Å². The van der Waals surface area contributed by atoms with Gasteiger partial charge in [0, 0.05) is 0 Å². The van der Waals surface area contributed by atoms with Crippen molar-refractivity contribution < 1.29 is 14.6 Å². The molecule has 0 spiro atoms. The van der Waals surface area contributed by atoms with E-state index in [2.05, 4.69) is 15.4 Å². The zero-order chi connectivity index (χ0) is 13.1. The van der Waals surface area contributed by atoms with E-state index in [1.165, 1.54) is 6.07 Å². The first-order valence-corrected chi connectivity index (χ1v) is 5.58. The zero-order valence-electron chi connectivity index (χ0n) is 9.48. The predicted molar refractivity (Wildman–Crippen MR) is 64.5 cm³/mol.